The van der Waals surface area contributed by atoms with Gasteiger partial charge in [-0.2, -0.15) is 0 Å². The lowest BCUT2D eigenvalue weighted by Crippen LogP contribution is -2.07. The third kappa shape index (κ3) is 8.34. The molecule has 162 valence electrons. The Bertz CT molecular complexity index is 937. The molecule has 2 aromatic carbocycles. The molecule has 0 spiro atoms. The summed E-state index contributed by atoms with van der Waals surface area (Å²) >= 11 is 0. The molecule has 0 N–H and O–H groups in total. The number of benzene rings is 2. The van der Waals surface area contributed by atoms with Gasteiger partial charge in [-0.3, -0.25) is 0 Å². The summed E-state index contributed by atoms with van der Waals surface area (Å²) in [5.41, 5.74) is 2.81. The van der Waals surface area contributed by atoms with E-state index in [-0.39, 0.29) is 5.97 Å². The Morgan fingerprint density at radius 3 is 1.74 bits per heavy atom. The summed E-state index contributed by atoms with van der Waals surface area (Å²) in [7, 11) is 0. The third-order valence-electron chi connectivity index (χ3n) is 4.19. The van der Waals surface area contributed by atoms with Gasteiger partial charge in [-0.25, -0.2) is 9.59 Å². The van der Waals surface area contributed by atoms with Crippen LogP contribution in [0.4, 0.5) is 0 Å². The van der Waals surface area contributed by atoms with Crippen molar-refractivity contribution in [3.63, 3.8) is 0 Å². The van der Waals surface area contributed by atoms with Crippen molar-refractivity contribution in [2.75, 3.05) is 13.2 Å². The summed E-state index contributed by atoms with van der Waals surface area (Å²) in [5.74, 6) is 0.482. The zero-order valence-electron chi connectivity index (χ0n) is 18.1. The normalized spacial score (nSPS) is 10.5. The van der Waals surface area contributed by atoms with Crippen molar-refractivity contribution in [3.8, 4) is 22.6 Å². The number of ether oxygens (including phenoxy) is 3. The van der Waals surface area contributed by atoms with Gasteiger partial charge in [-0.1, -0.05) is 49.6 Å². The highest BCUT2D eigenvalue weighted by Crippen LogP contribution is 2.25. The minimum atomic E-state index is -0.435. The van der Waals surface area contributed by atoms with Crippen LogP contribution in [0.15, 0.2) is 85.0 Å². The van der Waals surface area contributed by atoms with E-state index in [9.17, 15) is 9.59 Å². The van der Waals surface area contributed by atoms with Gasteiger partial charge >= 0.3 is 11.9 Å². The molecule has 5 nitrogen and oxygen atoms in total. The second kappa shape index (κ2) is 12.2. The SMILES string of the molecule is C=C(C)C(=O)OCC/C=C/CCOc1ccc(-c2ccc(OC(=O)C(=C)C)cc2)cc1. The van der Waals surface area contributed by atoms with Gasteiger partial charge in [0.1, 0.15) is 11.5 Å². The maximum Gasteiger partial charge on any atom is 0.338 e. The van der Waals surface area contributed by atoms with E-state index in [0.29, 0.717) is 36.5 Å². The van der Waals surface area contributed by atoms with Crippen LogP contribution in [0.25, 0.3) is 11.1 Å². The predicted octanol–water partition coefficient (Wildman–Crippen LogP) is 5.67. The van der Waals surface area contributed by atoms with Crippen LogP contribution >= 0.6 is 0 Å². The Kier molecular flexibility index (Phi) is 9.30. The van der Waals surface area contributed by atoms with Gasteiger partial charge < -0.3 is 14.2 Å². The van der Waals surface area contributed by atoms with Gasteiger partial charge in [-0.15, -0.1) is 0 Å². The van der Waals surface area contributed by atoms with Crippen LogP contribution in [0.1, 0.15) is 26.7 Å². The highest BCUT2D eigenvalue weighted by Gasteiger charge is 2.06. The van der Waals surface area contributed by atoms with Gasteiger partial charge in [0.25, 0.3) is 0 Å². The van der Waals surface area contributed by atoms with Crippen LogP contribution in [0.3, 0.4) is 0 Å². The van der Waals surface area contributed by atoms with Crippen molar-refractivity contribution >= 4 is 11.9 Å². The molecule has 0 aliphatic carbocycles. The van der Waals surface area contributed by atoms with Crippen LogP contribution < -0.4 is 9.47 Å². The standard InChI is InChI=1S/C26H28O5/c1-19(2)25(27)30-18-8-6-5-7-17-29-23-13-9-21(10-14-23)22-11-15-24(16-12-22)31-26(28)20(3)4/h5-6,9-16H,1,3,7-8,17-18H2,2,4H3/b6-5+. The molecule has 5 heteroatoms. The van der Waals surface area contributed by atoms with Crippen LogP contribution in [0.2, 0.25) is 0 Å². The maximum absolute atomic E-state index is 11.6. The molecular weight excluding hydrogens is 392 g/mol. The molecule has 0 heterocycles. The van der Waals surface area contributed by atoms with E-state index < -0.39 is 5.97 Å². The molecule has 0 fully saturated rings. The fourth-order valence-electron chi connectivity index (χ4n) is 2.48. The summed E-state index contributed by atoms with van der Waals surface area (Å²) in [6.07, 6.45) is 5.40. The van der Waals surface area contributed by atoms with E-state index >= 15 is 0 Å². The van der Waals surface area contributed by atoms with Gasteiger partial charge in [0.2, 0.25) is 0 Å². The Morgan fingerprint density at radius 2 is 1.23 bits per heavy atom. The molecule has 0 atom stereocenters. The summed E-state index contributed by atoms with van der Waals surface area (Å²) in [6, 6.07) is 15.1. The predicted molar refractivity (Wildman–Crippen MR) is 122 cm³/mol. The zero-order valence-corrected chi connectivity index (χ0v) is 18.1. The van der Waals surface area contributed by atoms with Crippen LogP contribution in [-0.2, 0) is 14.3 Å². The molecule has 0 bridgehead atoms. The lowest BCUT2D eigenvalue weighted by Gasteiger charge is -2.08. The number of esters is 2. The van der Waals surface area contributed by atoms with Gasteiger partial charge in [0.15, 0.2) is 0 Å². The number of carbonyl (C=O) groups excluding carboxylic acids is 2. The van der Waals surface area contributed by atoms with Gasteiger partial charge in [-0.05, 0) is 62.1 Å². The van der Waals surface area contributed by atoms with Crippen molar-refractivity contribution in [2.24, 2.45) is 0 Å². The fourth-order valence-corrected chi connectivity index (χ4v) is 2.48. The Labute approximate surface area is 183 Å². The van der Waals surface area contributed by atoms with E-state index in [1.54, 1.807) is 26.0 Å². The second-order valence-corrected chi connectivity index (χ2v) is 7.03. The molecule has 2 rings (SSSR count). The van der Waals surface area contributed by atoms with Crippen LogP contribution in [0.5, 0.6) is 11.5 Å². The monoisotopic (exact) mass is 420 g/mol. The molecule has 0 aliphatic rings. The molecule has 0 saturated heterocycles. The van der Waals surface area contributed by atoms with Crippen molar-refractivity contribution in [3.05, 3.63) is 85.0 Å². The summed E-state index contributed by atoms with van der Waals surface area (Å²) < 4.78 is 16.0. The highest BCUT2D eigenvalue weighted by molar-refractivity contribution is 5.88. The van der Waals surface area contributed by atoms with Crippen molar-refractivity contribution < 1.29 is 23.8 Å². The second-order valence-electron chi connectivity index (χ2n) is 7.03. The highest BCUT2D eigenvalue weighted by atomic mass is 16.5. The van der Waals surface area contributed by atoms with Crippen LogP contribution in [-0.4, -0.2) is 25.2 Å². The number of hydrogen-bond acceptors (Lipinski definition) is 5. The molecule has 31 heavy (non-hydrogen) atoms. The smallest absolute Gasteiger partial charge is 0.338 e. The van der Waals surface area contributed by atoms with Gasteiger partial charge in [0.05, 0.1) is 13.2 Å². The first kappa shape index (κ1) is 23.7. The first-order valence-corrected chi connectivity index (χ1v) is 10.1. The topological polar surface area (TPSA) is 61.8 Å². The van der Waals surface area contributed by atoms with Crippen LogP contribution in [0, 0.1) is 0 Å². The Hall–Kier alpha value is -3.60. The van der Waals surface area contributed by atoms with Gasteiger partial charge in [0, 0.05) is 11.1 Å². The molecule has 0 radical (unpaired) electrons. The first-order chi connectivity index (χ1) is 14.9. The quantitative estimate of drug-likeness (QED) is 0.154. The Balaban J connectivity index is 1.74. The summed E-state index contributed by atoms with van der Waals surface area (Å²) in [5, 5.41) is 0. The van der Waals surface area contributed by atoms with E-state index in [1.165, 1.54) is 0 Å². The number of rotatable bonds is 11. The molecule has 0 aliphatic heterocycles. The largest absolute Gasteiger partial charge is 0.493 e. The van der Waals surface area contributed by atoms with E-state index in [2.05, 4.69) is 13.2 Å². The van der Waals surface area contributed by atoms with E-state index in [4.69, 9.17) is 14.2 Å². The first-order valence-electron chi connectivity index (χ1n) is 10.1. The van der Waals surface area contributed by atoms with Crippen molar-refractivity contribution in [1.82, 2.24) is 0 Å². The van der Waals surface area contributed by atoms with Crippen molar-refractivity contribution in [2.45, 2.75) is 26.7 Å². The molecular formula is C26H28O5. The molecule has 0 amide bonds. The average molecular weight is 421 g/mol. The summed E-state index contributed by atoms with van der Waals surface area (Å²) in [6.45, 7) is 11.3. The Morgan fingerprint density at radius 1 is 0.742 bits per heavy atom. The molecule has 2 aromatic rings. The third-order valence-corrected chi connectivity index (χ3v) is 4.19. The molecule has 0 aromatic heterocycles. The minimum absolute atomic E-state index is 0.349. The minimum Gasteiger partial charge on any atom is -0.493 e. The van der Waals surface area contributed by atoms with E-state index in [0.717, 1.165) is 23.3 Å². The fraction of sp³-hybridized carbons (Fsp3) is 0.231. The zero-order chi connectivity index (χ0) is 22.6. The van der Waals surface area contributed by atoms with Crippen molar-refractivity contribution in [1.29, 1.82) is 0 Å². The average Bonchev–Trinajstić information content (AvgIpc) is 2.76. The number of carbonyl (C=O) groups is 2. The maximum atomic E-state index is 11.6. The summed E-state index contributed by atoms with van der Waals surface area (Å²) in [4.78, 5) is 22.8. The molecule has 0 saturated carbocycles. The lowest BCUT2D eigenvalue weighted by molar-refractivity contribution is -0.138. The number of hydrogen-bond donors (Lipinski definition) is 0. The van der Waals surface area contributed by atoms with E-state index in [1.807, 2.05) is 48.6 Å². The lowest BCUT2D eigenvalue weighted by atomic mass is 10.1. The molecule has 0 unspecified atom stereocenters.